The standard InChI is InChI=1S/C18H21N3O2S/c1-21(2)13-18(17-9-4-3-5-10-17)20-24(22,23)14-16-8-6-7-15(11-16)12-19/h3-11,18,20H,13-14H2,1-2H3/t18-/m0/s1. The minimum atomic E-state index is -3.54. The first kappa shape index (κ1) is 18.1. The third-order valence-electron chi connectivity index (χ3n) is 3.48. The van der Waals surface area contributed by atoms with Gasteiger partial charge in [0.05, 0.1) is 23.4 Å². The smallest absolute Gasteiger partial charge is 0.216 e. The summed E-state index contributed by atoms with van der Waals surface area (Å²) < 4.78 is 27.9. The second kappa shape index (κ2) is 8.06. The number of sulfonamides is 1. The van der Waals surface area contributed by atoms with E-state index in [1.165, 1.54) is 0 Å². The molecule has 0 aromatic heterocycles. The fourth-order valence-corrected chi connectivity index (χ4v) is 3.82. The molecule has 5 nitrogen and oxygen atoms in total. The Morgan fingerprint density at radius 3 is 2.46 bits per heavy atom. The predicted molar refractivity (Wildman–Crippen MR) is 94.7 cm³/mol. The van der Waals surface area contributed by atoms with Gasteiger partial charge in [0, 0.05) is 6.54 Å². The van der Waals surface area contributed by atoms with Gasteiger partial charge in [0.25, 0.3) is 0 Å². The van der Waals surface area contributed by atoms with E-state index < -0.39 is 10.0 Å². The summed E-state index contributed by atoms with van der Waals surface area (Å²) in [5.74, 6) is -0.153. The molecule has 0 saturated heterocycles. The van der Waals surface area contributed by atoms with Crippen LogP contribution in [0.2, 0.25) is 0 Å². The van der Waals surface area contributed by atoms with E-state index in [0.717, 1.165) is 5.56 Å². The second-order valence-electron chi connectivity index (χ2n) is 5.91. The first-order valence-electron chi connectivity index (χ1n) is 7.58. The van der Waals surface area contributed by atoms with Crippen LogP contribution in [-0.2, 0) is 15.8 Å². The van der Waals surface area contributed by atoms with Crippen molar-refractivity contribution in [3.8, 4) is 6.07 Å². The third kappa shape index (κ3) is 5.46. The zero-order chi connectivity index (χ0) is 17.6. The van der Waals surface area contributed by atoms with Crippen LogP contribution in [-0.4, -0.2) is 34.0 Å². The lowest BCUT2D eigenvalue weighted by Gasteiger charge is -2.22. The fourth-order valence-electron chi connectivity index (χ4n) is 2.47. The number of benzene rings is 2. The molecule has 0 heterocycles. The van der Waals surface area contributed by atoms with E-state index in [1.807, 2.05) is 55.4 Å². The molecule has 1 N–H and O–H groups in total. The van der Waals surface area contributed by atoms with Crippen LogP contribution in [0.5, 0.6) is 0 Å². The Morgan fingerprint density at radius 2 is 1.83 bits per heavy atom. The number of nitrogens with zero attached hydrogens (tertiary/aromatic N) is 2. The van der Waals surface area contributed by atoms with Gasteiger partial charge in [-0.25, -0.2) is 13.1 Å². The van der Waals surface area contributed by atoms with E-state index in [9.17, 15) is 8.42 Å². The Kier molecular flexibility index (Phi) is 6.10. The van der Waals surface area contributed by atoms with Gasteiger partial charge in [-0.1, -0.05) is 42.5 Å². The molecule has 0 saturated carbocycles. The molecule has 0 spiro atoms. The van der Waals surface area contributed by atoms with Crippen molar-refractivity contribution in [2.75, 3.05) is 20.6 Å². The van der Waals surface area contributed by atoms with Gasteiger partial charge in [-0.3, -0.25) is 0 Å². The Bertz CT molecular complexity index is 812. The monoisotopic (exact) mass is 343 g/mol. The number of nitriles is 1. The largest absolute Gasteiger partial charge is 0.307 e. The van der Waals surface area contributed by atoms with Crippen LogP contribution in [0, 0.1) is 11.3 Å². The van der Waals surface area contributed by atoms with E-state index in [0.29, 0.717) is 17.7 Å². The first-order chi connectivity index (χ1) is 11.4. The molecule has 0 radical (unpaired) electrons. The van der Waals surface area contributed by atoms with Gasteiger partial charge >= 0.3 is 0 Å². The van der Waals surface area contributed by atoms with Crippen LogP contribution >= 0.6 is 0 Å². The van der Waals surface area contributed by atoms with Gasteiger partial charge in [-0.05, 0) is 37.4 Å². The van der Waals surface area contributed by atoms with Crippen molar-refractivity contribution in [3.63, 3.8) is 0 Å². The Balaban J connectivity index is 2.19. The molecule has 1 atom stereocenters. The lowest BCUT2D eigenvalue weighted by atomic mass is 10.1. The summed E-state index contributed by atoms with van der Waals surface area (Å²) in [5, 5.41) is 8.93. The molecule has 0 unspecified atom stereocenters. The van der Waals surface area contributed by atoms with Crippen molar-refractivity contribution in [2.45, 2.75) is 11.8 Å². The number of hydrogen-bond donors (Lipinski definition) is 1. The van der Waals surface area contributed by atoms with Crippen LogP contribution in [0.4, 0.5) is 0 Å². The molecule has 0 amide bonds. The molecule has 0 fully saturated rings. The topological polar surface area (TPSA) is 73.2 Å². The Morgan fingerprint density at radius 1 is 1.12 bits per heavy atom. The number of hydrogen-bond acceptors (Lipinski definition) is 4. The van der Waals surface area contributed by atoms with Crippen LogP contribution in [0.3, 0.4) is 0 Å². The maximum atomic E-state index is 12.6. The van der Waals surface area contributed by atoms with E-state index >= 15 is 0 Å². The van der Waals surface area contributed by atoms with Gasteiger partial charge < -0.3 is 4.90 Å². The van der Waals surface area contributed by atoms with Crippen LogP contribution in [0.1, 0.15) is 22.7 Å². The predicted octanol–water partition coefficient (Wildman–Crippen LogP) is 2.28. The SMILES string of the molecule is CN(C)C[C@H](NS(=O)(=O)Cc1cccc(C#N)c1)c1ccccc1. The molecule has 2 aromatic carbocycles. The number of rotatable bonds is 7. The minimum Gasteiger partial charge on any atom is -0.307 e. The molecule has 0 bridgehead atoms. The molecule has 2 rings (SSSR count). The summed E-state index contributed by atoms with van der Waals surface area (Å²) >= 11 is 0. The summed E-state index contributed by atoms with van der Waals surface area (Å²) in [6.07, 6.45) is 0. The van der Waals surface area contributed by atoms with Crippen molar-refractivity contribution < 1.29 is 8.42 Å². The van der Waals surface area contributed by atoms with E-state index in [1.54, 1.807) is 24.3 Å². The second-order valence-corrected chi connectivity index (χ2v) is 7.67. The van der Waals surface area contributed by atoms with Crippen LogP contribution in [0.15, 0.2) is 54.6 Å². The Hall–Kier alpha value is -2.20. The van der Waals surface area contributed by atoms with Crippen molar-refractivity contribution in [1.82, 2.24) is 9.62 Å². The summed E-state index contributed by atoms with van der Waals surface area (Å²) in [4.78, 5) is 1.94. The summed E-state index contributed by atoms with van der Waals surface area (Å²) in [5.41, 5.74) is 1.97. The highest BCUT2D eigenvalue weighted by molar-refractivity contribution is 7.88. The zero-order valence-electron chi connectivity index (χ0n) is 13.8. The Labute approximate surface area is 143 Å². The molecular formula is C18H21N3O2S. The lowest BCUT2D eigenvalue weighted by Crippen LogP contribution is -2.35. The molecule has 6 heteroatoms. The molecule has 0 aliphatic heterocycles. The lowest BCUT2D eigenvalue weighted by molar-refractivity contribution is 0.363. The molecule has 24 heavy (non-hydrogen) atoms. The molecule has 2 aromatic rings. The summed E-state index contributed by atoms with van der Waals surface area (Å²) in [6.45, 7) is 0.557. The molecule has 126 valence electrons. The van der Waals surface area contributed by atoms with Crippen molar-refractivity contribution in [1.29, 1.82) is 5.26 Å². The summed E-state index contributed by atoms with van der Waals surface area (Å²) in [7, 11) is 0.268. The molecule has 0 aliphatic carbocycles. The molecular weight excluding hydrogens is 322 g/mol. The average molecular weight is 343 g/mol. The van der Waals surface area contributed by atoms with Gasteiger partial charge in [-0.2, -0.15) is 5.26 Å². The third-order valence-corrected chi connectivity index (χ3v) is 4.84. The normalized spacial score (nSPS) is 12.8. The minimum absolute atomic E-state index is 0.153. The highest BCUT2D eigenvalue weighted by Gasteiger charge is 2.20. The van der Waals surface area contributed by atoms with E-state index in [2.05, 4.69) is 4.72 Å². The highest BCUT2D eigenvalue weighted by Crippen LogP contribution is 2.16. The number of likely N-dealkylation sites (N-methyl/N-ethyl adjacent to an activating group) is 1. The van der Waals surface area contributed by atoms with E-state index in [4.69, 9.17) is 5.26 Å². The average Bonchev–Trinajstić information content (AvgIpc) is 2.54. The summed E-state index contributed by atoms with van der Waals surface area (Å²) in [6, 6.07) is 17.9. The zero-order valence-corrected chi connectivity index (χ0v) is 14.6. The molecule has 0 aliphatic rings. The van der Waals surface area contributed by atoms with Crippen LogP contribution in [0.25, 0.3) is 0 Å². The van der Waals surface area contributed by atoms with E-state index in [-0.39, 0.29) is 11.8 Å². The van der Waals surface area contributed by atoms with Crippen molar-refractivity contribution in [3.05, 3.63) is 71.3 Å². The fraction of sp³-hybridized carbons (Fsp3) is 0.278. The van der Waals surface area contributed by atoms with Gasteiger partial charge in [0.15, 0.2) is 0 Å². The van der Waals surface area contributed by atoms with Crippen molar-refractivity contribution >= 4 is 10.0 Å². The highest BCUT2D eigenvalue weighted by atomic mass is 32.2. The quantitative estimate of drug-likeness (QED) is 0.837. The maximum Gasteiger partial charge on any atom is 0.216 e. The first-order valence-corrected chi connectivity index (χ1v) is 9.23. The van der Waals surface area contributed by atoms with Gasteiger partial charge in [0.2, 0.25) is 10.0 Å². The van der Waals surface area contributed by atoms with Crippen LogP contribution < -0.4 is 4.72 Å². The maximum absolute atomic E-state index is 12.6. The van der Waals surface area contributed by atoms with Gasteiger partial charge in [0.1, 0.15) is 0 Å². The number of nitrogens with one attached hydrogen (secondary N) is 1. The van der Waals surface area contributed by atoms with Crippen molar-refractivity contribution in [2.24, 2.45) is 0 Å². The van der Waals surface area contributed by atoms with Gasteiger partial charge in [-0.15, -0.1) is 0 Å².